The minimum absolute atomic E-state index is 0.0340. The van der Waals surface area contributed by atoms with Crippen molar-refractivity contribution in [2.24, 2.45) is 0 Å². The smallest absolute Gasteiger partial charge is 0.162 e. The van der Waals surface area contributed by atoms with Crippen LogP contribution in [0.25, 0.3) is 22.1 Å². The molecule has 0 radical (unpaired) electrons. The SMILES string of the molecule is CCCc1nc2cc(F)ccc2cc1C(C)Nc1ncnc2[nH]cnc12. The molecule has 3 aromatic heterocycles. The van der Waals surface area contributed by atoms with Gasteiger partial charge in [-0.2, -0.15) is 0 Å². The third-order valence-electron chi connectivity index (χ3n) is 4.42. The predicted molar refractivity (Wildman–Crippen MR) is 99.4 cm³/mol. The Labute approximate surface area is 149 Å². The monoisotopic (exact) mass is 350 g/mol. The molecule has 0 fully saturated rings. The van der Waals surface area contributed by atoms with Gasteiger partial charge in [0.2, 0.25) is 0 Å². The van der Waals surface area contributed by atoms with Crippen LogP contribution >= 0.6 is 0 Å². The fourth-order valence-corrected chi connectivity index (χ4v) is 3.16. The van der Waals surface area contributed by atoms with Crippen molar-refractivity contribution < 1.29 is 4.39 Å². The van der Waals surface area contributed by atoms with E-state index in [4.69, 9.17) is 4.98 Å². The van der Waals surface area contributed by atoms with Crippen molar-refractivity contribution >= 4 is 27.9 Å². The van der Waals surface area contributed by atoms with Crippen LogP contribution in [0.15, 0.2) is 36.9 Å². The number of fused-ring (bicyclic) bond motifs is 2. The molecule has 7 heteroatoms. The van der Waals surface area contributed by atoms with Crippen LogP contribution in [-0.2, 0) is 6.42 Å². The van der Waals surface area contributed by atoms with Gasteiger partial charge in [0.1, 0.15) is 17.7 Å². The first kappa shape index (κ1) is 16.4. The minimum atomic E-state index is -0.270. The molecule has 1 unspecified atom stereocenters. The van der Waals surface area contributed by atoms with Gasteiger partial charge in [-0.1, -0.05) is 13.3 Å². The molecule has 4 rings (SSSR count). The number of rotatable bonds is 5. The summed E-state index contributed by atoms with van der Waals surface area (Å²) < 4.78 is 13.5. The number of anilines is 1. The number of hydrogen-bond donors (Lipinski definition) is 2. The number of nitrogens with one attached hydrogen (secondary N) is 2. The molecular formula is C19H19FN6. The maximum absolute atomic E-state index is 13.5. The van der Waals surface area contributed by atoms with E-state index in [1.54, 1.807) is 12.4 Å². The summed E-state index contributed by atoms with van der Waals surface area (Å²) in [7, 11) is 0. The zero-order valence-corrected chi connectivity index (χ0v) is 14.6. The van der Waals surface area contributed by atoms with Crippen molar-refractivity contribution in [3.8, 4) is 0 Å². The van der Waals surface area contributed by atoms with Gasteiger partial charge in [0.25, 0.3) is 0 Å². The number of benzene rings is 1. The lowest BCUT2D eigenvalue weighted by atomic mass is 10.0. The Balaban J connectivity index is 1.75. The van der Waals surface area contributed by atoms with Gasteiger partial charge in [0.15, 0.2) is 11.5 Å². The van der Waals surface area contributed by atoms with Crippen molar-refractivity contribution in [1.29, 1.82) is 0 Å². The number of aryl methyl sites for hydroxylation is 1. The van der Waals surface area contributed by atoms with E-state index in [1.807, 2.05) is 0 Å². The van der Waals surface area contributed by atoms with Gasteiger partial charge in [0.05, 0.1) is 17.9 Å². The lowest BCUT2D eigenvalue weighted by Crippen LogP contribution is -2.12. The number of hydrogen-bond acceptors (Lipinski definition) is 5. The molecule has 0 saturated heterocycles. The second-order valence-corrected chi connectivity index (χ2v) is 6.30. The molecule has 1 atom stereocenters. The normalized spacial score (nSPS) is 12.6. The second kappa shape index (κ2) is 6.67. The Morgan fingerprint density at radius 3 is 2.92 bits per heavy atom. The van der Waals surface area contributed by atoms with Crippen LogP contribution < -0.4 is 5.32 Å². The third kappa shape index (κ3) is 2.96. The molecule has 0 spiro atoms. The molecule has 6 nitrogen and oxygen atoms in total. The van der Waals surface area contributed by atoms with Gasteiger partial charge in [-0.3, -0.25) is 4.98 Å². The van der Waals surface area contributed by atoms with E-state index in [9.17, 15) is 4.39 Å². The fraction of sp³-hybridized carbons (Fsp3) is 0.263. The molecule has 0 aliphatic rings. The molecule has 2 N–H and O–H groups in total. The lowest BCUT2D eigenvalue weighted by Gasteiger charge is -2.19. The Morgan fingerprint density at radius 1 is 1.19 bits per heavy atom. The van der Waals surface area contributed by atoms with E-state index >= 15 is 0 Å². The Hall–Kier alpha value is -3.09. The summed E-state index contributed by atoms with van der Waals surface area (Å²) in [5.74, 6) is 0.402. The lowest BCUT2D eigenvalue weighted by molar-refractivity contribution is 0.629. The highest BCUT2D eigenvalue weighted by molar-refractivity contribution is 5.83. The molecule has 0 saturated carbocycles. The molecule has 0 aliphatic carbocycles. The van der Waals surface area contributed by atoms with Gasteiger partial charge in [-0.25, -0.2) is 19.3 Å². The van der Waals surface area contributed by atoms with Crippen LogP contribution in [0.2, 0.25) is 0 Å². The summed E-state index contributed by atoms with van der Waals surface area (Å²) in [5, 5.41) is 4.33. The van der Waals surface area contributed by atoms with Crippen molar-refractivity contribution in [2.45, 2.75) is 32.7 Å². The fourth-order valence-electron chi connectivity index (χ4n) is 3.16. The first-order valence-corrected chi connectivity index (χ1v) is 8.65. The summed E-state index contributed by atoms with van der Waals surface area (Å²) in [5.41, 5.74) is 4.12. The number of halogens is 1. The van der Waals surface area contributed by atoms with Gasteiger partial charge in [-0.15, -0.1) is 0 Å². The summed E-state index contributed by atoms with van der Waals surface area (Å²) in [6.45, 7) is 4.17. The van der Waals surface area contributed by atoms with Gasteiger partial charge in [-0.05, 0) is 37.1 Å². The van der Waals surface area contributed by atoms with Crippen molar-refractivity contribution in [2.75, 3.05) is 5.32 Å². The molecular weight excluding hydrogens is 331 g/mol. The highest BCUT2D eigenvalue weighted by Gasteiger charge is 2.16. The third-order valence-corrected chi connectivity index (χ3v) is 4.42. The molecule has 1 aromatic carbocycles. The van der Waals surface area contributed by atoms with E-state index in [0.29, 0.717) is 22.5 Å². The zero-order chi connectivity index (χ0) is 18.1. The summed E-state index contributed by atoms with van der Waals surface area (Å²) in [6, 6.07) is 6.75. The quantitative estimate of drug-likeness (QED) is 0.565. The average molecular weight is 350 g/mol. The van der Waals surface area contributed by atoms with Crippen LogP contribution in [0.1, 0.15) is 37.6 Å². The van der Waals surface area contributed by atoms with E-state index in [0.717, 1.165) is 29.5 Å². The molecule has 132 valence electrons. The van der Waals surface area contributed by atoms with Gasteiger partial charge >= 0.3 is 0 Å². The Bertz CT molecular complexity index is 1070. The molecule has 0 bridgehead atoms. The van der Waals surface area contributed by atoms with E-state index in [1.165, 1.54) is 18.5 Å². The van der Waals surface area contributed by atoms with Gasteiger partial charge in [0, 0.05) is 17.1 Å². The van der Waals surface area contributed by atoms with Crippen molar-refractivity contribution in [3.05, 3.63) is 54.0 Å². The molecule has 0 amide bonds. The van der Waals surface area contributed by atoms with E-state index in [2.05, 4.69) is 45.2 Å². The summed E-state index contributed by atoms with van der Waals surface area (Å²) in [6.07, 6.45) is 4.90. The first-order valence-electron chi connectivity index (χ1n) is 8.65. The van der Waals surface area contributed by atoms with Crippen LogP contribution in [-0.4, -0.2) is 24.9 Å². The van der Waals surface area contributed by atoms with Crippen LogP contribution in [0.3, 0.4) is 0 Å². The van der Waals surface area contributed by atoms with Crippen LogP contribution in [0.5, 0.6) is 0 Å². The van der Waals surface area contributed by atoms with E-state index < -0.39 is 0 Å². The Morgan fingerprint density at radius 2 is 2.08 bits per heavy atom. The van der Waals surface area contributed by atoms with Crippen molar-refractivity contribution in [1.82, 2.24) is 24.9 Å². The van der Waals surface area contributed by atoms with Gasteiger partial charge < -0.3 is 10.3 Å². The summed E-state index contributed by atoms with van der Waals surface area (Å²) >= 11 is 0. The molecule has 26 heavy (non-hydrogen) atoms. The van der Waals surface area contributed by atoms with Crippen LogP contribution in [0.4, 0.5) is 10.2 Å². The zero-order valence-electron chi connectivity index (χ0n) is 14.6. The Kier molecular flexibility index (Phi) is 4.20. The number of aromatic amines is 1. The standard InChI is InChI=1S/C19H19FN6/c1-3-4-15-14(7-12-5-6-13(20)8-16(12)26-15)11(2)25-19-17-18(22-9-21-17)23-10-24-19/h5-11H,3-4H2,1-2H3,(H2,21,22,23,24,25). The number of H-pyrrole nitrogens is 1. The topological polar surface area (TPSA) is 79.4 Å². The number of pyridine rings is 1. The molecule has 4 aromatic rings. The molecule has 0 aliphatic heterocycles. The average Bonchev–Trinajstić information content (AvgIpc) is 3.11. The highest BCUT2D eigenvalue weighted by atomic mass is 19.1. The highest BCUT2D eigenvalue weighted by Crippen LogP contribution is 2.27. The second-order valence-electron chi connectivity index (χ2n) is 6.30. The number of aromatic nitrogens is 5. The number of imidazole rings is 1. The minimum Gasteiger partial charge on any atom is -0.362 e. The maximum Gasteiger partial charge on any atom is 0.162 e. The summed E-state index contributed by atoms with van der Waals surface area (Å²) in [4.78, 5) is 20.5. The number of nitrogens with zero attached hydrogens (tertiary/aromatic N) is 4. The van der Waals surface area contributed by atoms with E-state index in [-0.39, 0.29) is 11.9 Å². The maximum atomic E-state index is 13.5. The largest absolute Gasteiger partial charge is 0.362 e. The molecule has 3 heterocycles. The van der Waals surface area contributed by atoms with Crippen molar-refractivity contribution in [3.63, 3.8) is 0 Å². The predicted octanol–water partition coefficient (Wildman–Crippen LogP) is 4.17. The first-order chi connectivity index (χ1) is 12.7. The van der Waals surface area contributed by atoms with Crippen LogP contribution in [0, 0.1) is 5.82 Å².